The number of anilines is 1. The Balaban J connectivity index is 1.51. The number of thiophene rings is 1. The van der Waals surface area contributed by atoms with Gasteiger partial charge in [0.15, 0.2) is 5.13 Å². The SMILES string of the molecule is O=C(Nc1nc(-c2cccc(F)c2)cs1)C1CCCN1S(=O)(=O)c1cccs1. The minimum atomic E-state index is -3.69. The second kappa shape index (κ2) is 7.70. The van der Waals surface area contributed by atoms with Crippen LogP contribution in [0.1, 0.15) is 12.8 Å². The summed E-state index contributed by atoms with van der Waals surface area (Å²) in [6.45, 7) is 0.310. The van der Waals surface area contributed by atoms with E-state index < -0.39 is 22.0 Å². The van der Waals surface area contributed by atoms with Gasteiger partial charge in [-0.25, -0.2) is 17.8 Å². The van der Waals surface area contributed by atoms with Gasteiger partial charge in [0.05, 0.1) is 5.69 Å². The number of carbonyl (C=O) groups excluding carboxylic acids is 1. The molecule has 1 aromatic carbocycles. The number of sulfonamides is 1. The fraction of sp³-hybridized carbons (Fsp3) is 0.222. The van der Waals surface area contributed by atoms with Crippen LogP contribution in [0.3, 0.4) is 0 Å². The normalized spacial score (nSPS) is 17.7. The van der Waals surface area contributed by atoms with E-state index in [1.165, 1.54) is 27.8 Å². The Bertz CT molecular complexity index is 1100. The van der Waals surface area contributed by atoms with Crippen molar-refractivity contribution in [1.29, 1.82) is 0 Å². The molecule has 3 heterocycles. The summed E-state index contributed by atoms with van der Waals surface area (Å²) in [4.78, 5) is 17.1. The summed E-state index contributed by atoms with van der Waals surface area (Å²) < 4.78 is 40.5. The van der Waals surface area contributed by atoms with Gasteiger partial charge in [0.1, 0.15) is 16.1 Å². The first kappa shape index (κ1) is 19.2. The Morgan fingerprint density at radius 3 is 2.86 bits per heavy atom. The van der Waals surface area contributed by atoms with Crippen molar-refractivity contribution in [2.75, 3.05) is 11.9 Å². The van der Waals surface area contributed by atoms with Gasteiger partial charge in [-0.05, 0) is 36.4 Å². The predicted molar refractivity (Wildman–Crippen MR) is 107 cm³/mol. The summed E-state index contributed by atoms with van der Waals surface area (Å²) in [5, 5.41) is 6.48. The Kier molecular flexibility index (Phi) is 5.28. The molecular formula is C18H16FN3O3S3. The Labute approximate surface area is 169 Å². The quantitative estimate of drug-likeness (QED) is 0.658. The highest BCUT2D eigenvalue weighted by atomic mass is 32.2. The van der Waals surface area contributed by atoms with Gasteiger partial charge in [0.2, 0.25) is 5.91 Å². The molecule has 1 fully saturated rings. The highest BCUT2D eigenvalue weighted by Gasteiger charge is 2.40. The van der Waals surface area contributed by atoms with Crippen molar-refractivity contribution in [2.24, 2.45) is 0 Å². The van der Waals surface area contributed by atoms with Crippen LogP contribution in [-0.4, -0.2) is 36.2 Å². The predicted octanol–water partition coefficient (Wildman–Crippen LogP) is 3.80. The van der Waals surface area contributed by atoms with Crippen LogP contribution in [0.2, 0.25) is 0 Å². The van der Waals surface area contributed by atoms with Crippen LogP contribution in [0.5, 0.6) is 0 Å². The second-order valence-corrected chi connectivity index (χ2v) is 10.2. The van der Waals surface area contributed by atoms with Crippen LogP contribution in [0, 0.1) is 5.82 Å². The van der Waals surface area contributed by atoms with E-state index in [4.69, 9.17) is 0 Å². The molecule has 4 rings (SSSR count). The molecule has 1 aliphatic rings. The third kappa shape index (κ3) is 3.72. The van der Waals surface area contributed by atoms with E-state index >= 15 is 0 Å². The molecule has 1 amide bonds. The number of aromatic nitrogens is 1. The van der Waals surface area contributed by atoms with Gasteiger partial charge >= 0.3 is 0 Å². The number of hydrogen-bond acceptors (Lipinski definition) is 6. The third-order valence-corrected chi connectivity index (χ3v) is 8.46. The van der Waals surface area contributed by atoms with Crippen molar-refractivity contribution in [3.05, 3.63) is 53.0 Å². The zero-order valence-corrected chi connectivity index (χ0v) is 17.0. The van der Waals surface area contributed by atoms with Crippen molar-refractivity contribution in [3.8, 4) is 11.3 Å². The fourth-order valence-corrected chi connectivity index (χ4v) is 6.61. The highest BCUT2D eigenvalue weighted by molar-refractivity contribution is 7.91. The van der Waals surface area contributed by atoms with E-state index in [2.05, 4.69) is 10.3 Å². The smallest absolute Gasteiger partial charge is 0.253 e. The third-order valence-electron chi connectivity index (χ3n) is 4.42. The molecule has 10 heteroatoms. The van der Waals surface area contributed by atoms with Crippen LogP contribution >= 0.6 is 22.7 Å². The molecule has 0 spiro atoms. The molecule has 1 saturated heterocycles. The van der Waals surface area contributed by atoms with Gasteiger partial charge in [-0.3, -0.25) is 4.79 Å². The number of nitrogens with zero attached hydrogens (tertiary/aromatic N) is 2. The van der Waals surface area contributed by atoms with E-state index in [-0.39, 0.29) is 10.0 Å². The second-order valence-electron chi connectivity index (χ2n) is 6.24. The Hall–Kier alpha value is -2.14. The van der Waals surface area contributed by atoms with Crippen LogP contribution in [0.4, 0.5) is 9.52 Å². The molecule has 1 aliphatic heterocycles. The summed E-state index contributed by atoms with van der Waals surface area (Å²) in [5.74, 6) is -0.769. The lowest BCUT2D eigenvalue weighted by Gasteiger charge is -2.22. The molecule has 1 atom stereocenters. The average Bonchev–Trinajstić information content (AvgIpc) is 3.42. The number of thiazole rings is 1. The van der Waals surface area contributed by atoms with Gasteiger partial charge in [0, 0.05) is 17.5 Å². The maximum absolute atomic E-state index is 13.4. The standard InChI is InChI=1S/C18H16FN3O3S3/c19-13-5-1-4-12(10-13)14-11-27-18(20-14)21-17(23)15-6-2-8-22(15)28(24,25)16-7-3-9-26-16/h1,3-5,7,9-11,15H,2,6,8H2,(H,20,21,23). The van der Waals surface area contributed by atoms with Crippen molar-refractivity contribution < 1.29 is 17.6 Å². The molecule has 0 radical (unpaired) electrons. The number of hydrogen-bond donors (Lipinski definition) is 1. The van der Waals surface area contributed by atoms with Crippen molar-refractivity contribution in [2.45, 2.75) is 23.1 Å². The average molecular weight is 438 g/mol. The Morgan fingerprint density at radius 1 is 1.25 bits per heavy atom. The zero-order valence-electron chi connectivity index (χ0n) is 14.5. The summed E-state index contributed by atoms with van der Waals surface area (Å²) >= 11 is 2.35. The van der Waals surface area contributed by atoms with Gasteiger partial charge in [-0.2, -0.15) is 4.31 Å². The summed E-state index contributed by atoms with van der Waals surface area (Å²) in [6.07, 6.45) is 1.08. The van der Waals surface area contributed by atoms with Crippen molar-refractivity contribution >= 4 is 43.7 Å². The highest BCUT2D eigenvalue weighted by Crippen LogP contribution is 2.30. The van der Waals surface area contributed by atoms with Gasteiger partial charge in [0.25, 0.3) is 10.0 Å². The first-order valence-electron chi connectivity index (χ1n) is 8.53. The molecule has 146 valence electrons. The zero-order chi connectivity index (χ0) is 19.7. The minimum absolute atomic E-state index is 0.231. The van der Waals surface area contributed by atoms with Gasteiger partial charge in [-0.15, -0.1) is 22.7 Å². The lowest BCUT2D eigenvalue weighted by molar-refractivity contribution is -0.119. The number of nitrogens with one attached hydrogen (secondary N) is 1. The number of rotatable bonds is 5. The van der Waals surface area contributed by atoms with Crippen LogP contribution < -0.4 is 5.32 Å². The molecule has 1 N–H and O–H groups in total. The van der Waals surface area contributed by atoms with E-state index in [1.54, 1.807) is 35.0 Å². The molecule has 0 bridgehead atoms. The van der Waals surface area contributed by atoms with Crippen LogP contribution in [0.25, 0.3) is 11.3 Å². The van der Waals surface area contributed by atoms with E-state index in [0.717, 1.165) is 11.3 Å². The molecular weight excluding hydrogens is 421 g/mol. The largest absolute Gasteiger partial charge is 0.301 e. The Morgan fingerprint density at radius 2 is 2.11 bits per heavy atom. The van der Waals surface area contributed by atoms with Crippen LogP contribution in [-0.2, 0) is 14.8 Å². The van der Waals surface area contributed by atoms with E-state index in [1.807, 2.05) is 0 Å². The number of benzene rings is 1. The van der Waals surface area contributed by atoms with Crippen LogP contribution in [0.15, 0.2) is 51.4 Å². The summed E-state index contributed by atoms with van der Waals surface area (Å²) in [7, 11) is -3.69. The van der Waals surface area contributed by atoms with E-state index in [9.17, 15) is 17.6 Å². The van der Waals surface area contributed by atoms with Crippen molar-refractivity contribution in [1.82, 2.24) is 9.29 Å². The minimum Gasteiger partial charge on any atom is -0.301 e. The first-order chi connectivity index (χ1) is 13.4. The van der Waals surface area contributed by atoms with E-state index in [0.29, 0.717) is 35.8 Å². The number of halogens is 1. The fourth-order valence-electron chi connectivity index (χ4n) is 3.12. The molecule has 1 unspecified atom stereocenters. The van der Waals surface area contributed by atoms with Crippen molar-refractivity contribution in [3.63, 3.8) is 0 Å². The molecule has 3 aromatic rings. The summed E-state index contributed by atoms with van der Waals surface area (Å²) in [6, 6.07) is 8.48. The van der Waals surface area contributed by atoms with Gasteiger partial charge < -0.3 is 5.32 Å². The monoisotopic (exact) mass is 437 g/mol. The molecule has 28 heavy (non-hydrogen) atoms. The molecule has 6 nitrogen and oxygen atoms in total. The maximum atomic E-state index is 13.4. The topological polar surface area (TPSA) is 79.4 Å². The van der Waals surface area contributed by atoms with Gasteiger partial charge in [-0.1, -0.05) is 18.2 Å². The number of carbonyl (C=O) groups is 1. The first-order valence-corrected chi connectivity index (χ1v) is 11.7. The lowest BCUT2D eigenvalue weighted by Crippen LogP contribution is -2.42. The maximum Gasteiger partial charge on any atom is 0.253 e. The summed E-state index contributed by atoms with van der Waals surface area (Å²) in [5.41, 5.74) is 1.16. The lowest BCUT2D eigenvalue weighted by atomic mass is 10.2. The number of amides is 1. The molecule has 0 aliphatic carbocycles. The molecule has 0 saturated carbocycles. The molecule has 2 aromatic heterocycles.